The minimum absolute atomic E-state index is 0.0576. The molecule has 1 aromatic carbocycles. The second-order valence-electron chi connectivity index (χ2n) is 6.80. The molecule has 136 valence electrons. The van der Waals surface area contributed by atoms with Crippen LogP contribution in [-0.4, -0.2) is 16.4 Å². The van der Waals surface area contributed by atoms with Gasteiger partial charge in [0.2, 0.25) is 5.69 Å². The fourth-order valence-electron chi connectivity index (χ4n) is 2.15. The number of hydrogen-bond acceptors (Lipinski definition) is 5. The second-order valence-corrected chi connectivity index (χ2v) is 7.65. The molecule has 1 N–H and O–H groups in total. The predicted molar refractivity (Wildman–Crippen MR) is 102 cm³/mol. The summed E-state index contributed by atoms with van der Waals surface area (Å²) < 4.78 is 1.36. The van der Waals surface area contributed by atoms with Gasteiger partial charge in [0.25, 0.3) is 5.69 Å². The topological polar surface area (TPSA) is 92.5 Å². The lowest BCUT2D eigenvalue weighted by atomic mass is 10.0. The van der Waals surface area contributed by atoms with Crippen molar-refractivity contribution in [3.63, 3.8) is 0 Å². The predicted octanol–water partition coefficient (Wildman–Crippen LogP) is 3.73. The first-order chi connectivity index (χ1) is 12.1. The Morgan fingerprint density at radius 2 is 2.04 bits per heavy atom. The standard InChI is InChI=1S/C19H20BrN3O3/c1-12-5-6-13(11-15(12)20)17(22-26-19(2,3)4)18-16(24)8-7-14(9-10-21)23(18)25/h5-8,11,24H,9H2,1-4H3/b22-17-. The summed E-state index contributed by atoms with van der Waals surface area (Å²) in [7, 11) is 0. The molecule has 0 saturated heterocycles. The van der Waals surface area contributed by atoms with Crippen molar-refractivity contribution < 1.29 is 14.7 Å². The minimum atomic E-state index is -0.583. The lowest BCUT2D eigenvalue weighted by Crippen LogP contribution is -2.39. The molecule has 0 saturated carbocycles. The first-order valence-corrected chi connectivity index (χ1v) is 8.78. The van der Waals surface area contributed by atoms with Gasteiger partial charge in [-0.05, 0) is 45.4 Å². The maximum Gasteiger partial charge on any atom is 0.288 e. The summed E-state index contributed by atoms with van der Waals surface area (Å²) in [6, 6.07) is 10.2. The van der Waals surface area contributed by atoms with E-state index in [9.17, 15) is 10.3 Å². The Balaban J connectivity index is 2.71. The highest BCUT2D eigenvalue weighted by Crippen LogP contribution is 2.24. The number of oxime groups is 1. The second kappa shape index (κ2) is 7.75. The smallest absolute Gasteiger partial charge is 0.288 e. The van der Waals surface area contributed by atoms with Crippen LogP contribution in [0.25, 0.3) is 0 Å². The minimum Gasteiger partial charge on any atom is -0.618 e. The molecule has 2 rings (SSSR count). The number of aromatic hydroxyl groups is 1. The molecule has 0 atom stereocenters. The van der Waals surface area contributed by atoms with Gasteiger partial charge in [0.1, 0.15) is 12.0 Å². The van der Waals surface area contributed by atoms with Gasteiger partial charge in [-0.1, -0.05) is 33.2 Å². The van der Waals surface area contributed by atoms with Crippen LogP contribution in [0.4, 0.5) is 0 Å². The van der Waals surface area contributed by atoms with E-state index in [1.807, 2.05) is 39.8 Å². The SMILES string of the molecule is Cc1ccc(/C(=N/OC(C)(C)C)c2c(O)ccc(CC#N)[n+]2[O-])cc1Br. The van der Waals surface area contributed by atoms with Crippen molar-refractivity contribution in [2.24, 2.45) is 5.16 Å². The molecule has 1 aromatic heterocycles. The summed E-state index contributed by atoms with van der Waals surface area (Å²) in [5, 5.41) is 36.1. The molecule has 0 fully saturated rings. The van der Waals surface area contributed by atoms with E-state index in [4.69, 9.17) is 10.1 Å². The van der Waals surface area contributed by atoms with E-state index in [-0.39, 0.29) is 29.3 Å². The van der Waals surface area contributed by atoms with Crippen LogP contribution >= 0.6 is 15.9 Å². The maximum absolute atomic E-state index is 12.7. The molecule has 0 aliphatic heterocycles. The van der Waals surface area contributed by atoms with Gasteiger partial charge in [0, 0.05) is 16.1 Å². The van der Waals surface area contributed by atoms with Crippen LogP contribution < -0.4 is 4.73 Å². The van der Waals surface area contributed by atoms with E-state index >= 15 is 0 Å². The Morgan fingerprint density at radius 1 is 1.35 bits per heavy atom. The van der Waals surface area contributed by atoms with E-state index in [1.165, 1.54) is 12.1 Å². The van der Waals surface area contributed by atoms with E-state index in [0.29, 0.717) is 10.3 Å². The van der Waals surface area contributed by atoms with Crippen LogP contribution in [0.3, 0.4) is 0 Å². The van der Waals surface area contributed by atoms with Crippen LogP contribution in [0.1, 0.15) is 43.3 Å². The molecule has 1 heterocycles. The number of aromatic nitrogens is 1. The number of rotatable bonds is 4. The summed E-state index contributed by atoms with van der Waals surface area (Å²) in [4.78, 5) is 5.52. The van der Waals surface area contributed by atoms with Gasteiger partial charge in [-0.2, -0.15) is 9.99 Å². The van der Waals surface area contributed by atoms with E-state index < -0.39 is 5.60 Å². The highest BCUT2D eigenvalue weighted by atomic mass is 79.9. The van der Waals surface area contributed by atoms with Gasteiger partial charge in [-0.25, -0.2) is 0 Å². The van der Waals surface area contributed by atoms with Crippen molar-refractivity contribution >= 4 is 21.6 Å². The fraction of sp³-hybridized carbons (Fsp3) is 0.316. The number of hydrogen-bond donors (Lipinski definition) is 1. The summed E-state index contributed by atoms with van der Waals surface area (Å²) in [6.45, 7) is 7.43. The summed E-state index contributed by atoms with van der Waals surface area (Å²) in [6.07, 6.45) is -0.0816. The lowest BCUT2D eigenvalue weighted by Gasteiger charge is -2.18. The average molecular weight is 418 g/mol. The van der Waals surface area contributed by atoms with E-state index in [2.05, 4.69) is 21.1 Å². The normalized spacial score (nSPS) is 11.9. The number of nitrogens with zero attached hydrogens (tertiary/aromatic N) is 3. The summed E-state index contributed by atoms with van der Waals surface area (Å²) >= 11 is 3.47. The maximum atomic E-state index is 12.7. The number of aryl methyl sites for hydroxylation is 1. The zero-order valence-corrected chi connectivity index (χ0v) is 16.7. The molecular weight excluding hydrogens is 398 g/mol. The molecule has 0 amide bonds. The molecule has 0 aliphatic carbocycles. The van der Waals surface area contributed by atoms with Crippen LogP contribution in [0.15, 0.2) is 40.0 Å². The van der Waals surface area contributed by atoms with E-state index in [1.54, 1.807) is 12.1 Å². The first-order valence-electron chi connectivity index (χ1n) is 7.98. The van der Waals surface area contributed by atoms with Gasteiger partial charge >= 0.3 is 0 Å². The molecule has 7 heteroatoms. The van der Waals surface area contributed by atoms with Crippen molar-refractivity contribution in [2.75, 3.05) is 0 Å². The Morgan fingerprint density at radius 3 is 2.62 bits per heavy atom. The monoisotopic (exact) mass is 417 g/mol. The third-order valence-electron chi connectivity index (χ3n) is 3.48. The average Bonchev–Trinajstić information content (AvgIpc) is 2.55. The molecule has 0 bridgehead atoms. The molecule has 0 unspecified atom stereocenters. The Hall–Kier alpha value is -2.59. The van der Waals surface area contributed by atoms with Gasteiger partial charge in [0.05, 0.1) is 6.07 Å². The Kier molecular flexibility index (Phi) is 5.88. The van der Waals surface area contributed by atoms with Crippen molar-refractivity contribution in [1.29, 1.82) is 5.26 Å². The molecule has 6 nitrogen and oxygen atoms in total. The molecule has 2 aromatic rings. The molecule has 26 heavy (non-hydrogen) atoms. The van der Waals surface area contributed by atoms with Gasteiger partial charge in [-0.15, -0.1) is 0 Å². The molecule has 0 spiro atoms. The van der Waals surface area contributed by atoms with Gasteiger partial charge in [-0.3, -0.25) is 0 Å². The number of nitriles is 1. The first kappa shape index (κ1) is 19.7. The van der Waals surface area contributed by atoms with Crippen LogP contribution in [0, 0.1) is 23.5 Å². The molecule has 0 aliphatic rings. The molecular formula is C19H20BrN3O3. The summed E-state index contributed by atoms with van der Waals surface area (Å²) in [5.74, 6) is -0.241. The van der Waals surface area contributed by atoms with Crippen molar-refractivity contribution in [2.45, 2.75) is 39.7 Å². The van der Waals surface area contributed by atoms with Crippen LogP contribution in [-0.2, 0) is 11.3 Å². The van der Waals surface area contributed by atoms with Gasteiger partial charge < -0.3 is 15.2 Å². The van der Waals surface area contributed by atoms with Crippen molar-refractivity contribution in [1.82, 2.24) is 0 Å². The third-order valence-corrected chi connectivity index (χ3v) is 4.34. The van der Waals surface area contributed by atoms with Crippen LogP contribution in [0.2, 0.25) is 0 Å². The highest BCUT2D eigenvalue weighted by molar-refractivity contribution is 9.10. The van der Waals surface area contributed by atoms with Crippen molar-refractivity contribution in [3.8, 4) is 11.8 Å². The lowest BCUT2D eigenvalue weighted by molar-refractivity contribution is -0.615. The quantitative estimate of drug-likeness (QED) is 0.355. The number of halogens is 1. The van der Waals surface area contributed by atoms with E-state index in [0.717, 1.165) is 10.0 Å². The van der Waals surface area contributed by atoms with Gasteiger partial charge in [0.15, 0.2) is 11.5 Å². The molecule has 0 radical (unpaired) electrons. The van der Waals surface area contributed by atoms with Crippen molar-refractivity contribution in [3.05, 3.63) is 62.5 Å². The zero-order chi connectivity index (χ0) is 19.5. The fourth-order valence-corrected chi connectivity index (χ4v) is 2.53. The number of pyridine rings is 1. The Labute approximate surface area is 161 Å². The summed E-state index contributed by atoms with van der Waals surface area (Å²) in [5.41, 5.74) is 1.38. The zero-order valence-electron chi connectivity index (χ0n) is 15.1. The largest absolute Gasteiger partial charge is 0.618 e. The Bertz CT molecular complexity index is 896. The van der Waals surface area contributed by atoms with Crippen LogP contribution in [0.5, 0.6) is 5.75 Å². The number of benzene rings is 1. The third kappa shape index (κ3) is 4.52. The highest BCUT2D eigenvalue weighted by Gasteiger charge is 2.26.